The number of rotatable bonds is 5. The molecule has 1 fully saturated rings. The van der Waals surface area contributed by atoms with E-state index in [9.17, 15) is 13.6 Å². The molecule has 4 nitrogen and oxygen atoms in total. The van der Waals surface area contributed by atoms with E-state index in [0.29, 0.717) is 0 Å². The highest BCUT2D eigenvalue weighted by Crippen LogP contribution is 2.17. The molecule has 0 saturated carbocycles. The summed E-state index contributed by atoms with van der Waals surface area (Å²) >= 11 is 1.66. The van der Waals surface area contributed by atoms with Crippen LogP contribution < -0.4 is 15.4 Å². The van der Waals surface area contributed by atoms with Crippen molar-refractivity contribution in [2.45, 2.75) is 6.04 Å². The van der Waals surface area contributed by atoms with Gasteiger partial charge in [-0.3, -0.25) is 10.1 Å². The molecule has 0 aromatic heterocycles. The van der Waals surface area contributed by atoms with Gasteiger partial charge in [-0.25, -0.2) is 8.78 Å². The third-order valence-electron chi connectivity index (χ3n) is 2.59. The van der Waals surface area contributed by atoms with Crippen molar-refractivity contribution < 1.29 is 18.3 Å². The molecule has 0 aliphatic carbocycles. The third kappa shape index (κ3) is 4.07. The minimum atomic E-state index is -0.750. The maximum Gasteiger partial charge on any atom is 0.238 e. The van der Waals surface area contributed by atoms with E-state index in [1.165, 1.54) is 6.07 Å². The number of hydrogen-bond donors (Lipinski definition) is 2. The average molecular weight is 288 g/mol. The van der Waals surface area contributed by atoms with Crippen molar-refractivity contribution in [3.63, 3.8) is 0 Å². The summed E-state index contributed by atoms with van der Waals surface area (Å²) < 4.78 is 31.0. The van der Waals surface area contributed by atoms with Gasteiger partial charge in [0.1, 0.15) is 12.4 Å². The molecule has 19 heavy (non-hydrogen) atoms. The summed E-state index contributed by atoms with van der Waals surface area (Å²) in [6.07, 6.45) is 0. The van der Waals surface area contributed by atoms with Gasteiger partial charge in [-0.15, -0.1) is 11.8 Å². The Morgan fingerprint density at radius 3 is 3.05 bits per heavy atom. The molecule has 1 heterocycles. The molecule has 0 radical (unpaired) electrons. The second-order valence-corrected chi connectivity index (χ2v) is 5.02. The summed E-state index contributed by atoms with van der Waals surface area (Å²) in [4.78, 5) is 11.6. The molecular formula is C12H14F2N2O2S. The Bertz CT molecular complexity index is 453. The molecule has 1 aliphatic heterocycles. The SMILES string of the molecule is O=C(NCCOc1ccc(F)cc1F)[C@@H]1CSCN1. The van der Waals surface area contributed by atoms with E-state index in [1.54, 1.807) is 11.8 Å². The highest BCUT2D eigenvalue weighted by atomic mass is 32.2. The van der Waals surface area contributed by atoms with Crippen molar-refractivity contribution >= 4 is 17.7 Å². The van der Waals surface area contributed by atoms with Crippen molar-refractivity contribution in [3.05, 3.63) is 29.8 Å². The first-order valence-electron chi connectivity index (χ1n) is 5.83. The Morgan fingerprint density at radius 1 is 1.53 bits per heavy atom. The van der Waals surface area contributed by atoms with Crippen molar-refractivity contribution in [2.75, 3.05) is 24.8 Å². The first-order valence-corrected chi connectivity index (χ1v) is 6.99. The van der Waals surface area contributed by atoms with Crippen LogP contribution in [0.3, 0.4) is 0 Å². The molecule has 2 rings (SSSR count). The molecule has 1 saturated heterocycles. The molecule has 1 aliphatic rings. The number of carbonyl (C=O) groups is 1. The minimum absolute atomic E-state index is 0.0230. The van der Waals surface area contributed by atoms with E-state index in [-0.39, 0.29) is 30.9 Å². The molecule has 104 valence electrons. The predicted octanol–water partition coefficient (Wildman–Crippen LogP) is 1.12. The number of ether oxygens (including phenoxy) is 1. The number of thioether (sulfide) groups is 1. The molecule has 2 N–H and O–H groups in total. The lowest BCUT2D eigenvalue weighted by atomic mass is 10.3. The summed E-state index contributed by atoms with van der Waals surface area (Å²) in [5, 5.41) is 5.73. The van der Waals surface area contributed by atoms with Gasteiger partial charge < -0.3 is 10.1 Å². The first-order chi connectivity index (χ1) is 9.16. The molecule has 1 aromatic rings. The van der Waals surface area contributed by atoms with E-state index < -0.39 is 11.6 Å². The average Bonchev–Trinajstić information content (AvgIpc) is 2.90. The van der Waals surface area contributed by atoms with Crippen molar-refractivity contribution in [1.29, 1.82) is 0 Å². The van der Waals surface area contributed by atoms with Gasteiger partial charge in [-0.2, -0.15) is 0 Å². The van der Waals surface area contributed by atoms with Crippen LogP contribution in [0.15, 0.2) is 18.2 Å². The lowest BCUT2D eigenvalue weighted by molar-refractivity contribution is -0.122. The Labute approximate surface area is 113 Å². The number of halogens is 2. The second kappa shape index (κ2) is 6.72. The number of nitrogens with one attached hydrogen (secondary N) is 2. The maximum atomic E-state index is 13.2. The van der Waals surface area contributed by atoms with E-state index in [0.717, 1.165) is 23.8 Å². The molecule has 1 atom stereocenters. The van der Waals surface area contributed by atoms with Crippen LogP contribution in [0.2, 0.25) is 0 Å². The van der Waals surface area contributed by atoms with E-state index in [4.69, 9.17) is 4.74 Å². The minimum Gasteiger partial charge on any atom is -0.489 e. The predicted molar refractivity (Wildman–Crippen MR) is 69.1 cm³/mol. The monoisotopic (exact) mass is 288 g/mol. The normalized spacial score (nSPS) is 18.3. The van der Waals surface area contributed by atoms with E-state index in [1.807, 2.05) is 0 Å². The summed E-state index contributed by atoms with van der Waals surface area (Å²) in [5.74, 6) is 0.01000. The van der Waals surface area contributed by atoms with Crippen LogP contribution >= 0.6 is 11.8 Å². The highest BCUT2D eigenvalue weighted by molar-refractivity contribution is 7.99. The number of carbonyl (C=O) groups excluding carboxylic acids is 1. The zero-order valence-electron chi connectivity index (χ0n) is 10.1. The Morgan fingerprint density at radius 2 is 2.37 bits per heavy atom. The summed E-state index contributed by atoms with van der Waals surface area (Å²) in [5.41, 5.74) is 0. The highest BCUT2D eigenvalue weighted by Gasteiger charge is 2.21. The van der Waals surface area contributed by atoms with Crippen LogP contribution in [0.4, 0.5) is 8.78 Å². The lowest BCUT2D eigenvalue weighted by Gasteiger charge is -2.11. The van der Waals surface area contributed by atoms with Crippen LogP contribution in [0.1, 0.15) is 0 Å². The Kier molecular flexibility index (Phi) is 4.98. The van der Waals surface area contributed by atoms with Gasteiger partial charge in [0, 0.05) is 17.7 Å². The smallest absolute Gasteiger partial charge is 0.238 e. The Balaban J connectivity index is 1.70. The zero-order valence-corrected chi connectivity index (χ0v) is 10.9. The topological polar surface area (TPSA) is 50.4 Å². The van der Waals surface area contributed by atoms with Crippen molar-refractivity contribution in [3.8, 4) is 5.75 Å². The van der Waals surface area contributed by atoms with Crippen molar-refractivity contribution in [2.24, 2.45) is 0 Å². The van der Waals surface area contributed by atoms with Crippen LogP contribution in [0.25, 0.3) is 0 Å². The fourth-order valence-corrected chi connectivity index (χ4v) is 2.56. The number of hydrogen-bond acceptors (Lipinski definition) is 4. The summed E-state index contributed by atoms with van der Waals surface area (Å²) in [6, 6.07) is 2.93. The van der Waals surface area contributed by atoms with Gasteiger partial charge in [0.15, 0.2) is 11.6 Å². The molecular weight excluding hydrogens is 274 g/mol. The maximum absolute atomic E-state index is 13.2. The van der Waals surface area contributed by atoms with E-state index >= 15 is 0 Å². The van der Waals surface area contributed by atoms with Gasteiger partial charge in [0.05, 0.1) is 12.6 Å². The largest absolute Gasteiger partial charge is 0.489 e. The quantitative estimate of drug-likeness (QED) is 0.797. The van der Waals surface area contributed by atoms with Crippen LogP contribution in [0.5, 0.6) is 5.75 Å². The summed E-state index contributed by atoms with van der Waals surface area (Å²) in [6.45, 7) is 0.409. The summed E-state index contributed by atoms with van der Waals surface area (Å²) in [7, 11) is 0. The molecule has 7 heteroatoms. The van der Waals surface area contributed by atoms with E-state index in [2.05, 4.69) is 10.6 Å². The number of amides is 1. The molecule has 1 aromatic carbocycles. The standard InChI is InChI=1S/C12H14F2N2O2S/c13-8-1-2-11(9(14)5-8)18-4-3-15-12(17)10-6-19-7-16-10/h1-2,5,10,16H,3-4,6-7H2,(H,15,17)/t10-/m0/s1. The van der Waals surface area contributed by atoms with Gasteiger partial charge in [-0.1, -0.05) is 0 Å². The zero-order chi connectivity index (χ0) is 13.7. The molecule has 1 amide bonds. The van der Waals surface area contributed by atoms with Crippen molar-refractivity contribution in [1.82, 2.24) is 10.6 Å². The van der Waals surface area contributed by atoms with Crippen LogP contribution in [-0.4, -0.2) is 36.7 Å². The van der Waals surface area contributed by atoms with Crippen LogP contribution in [-0.2, 0) is 4.79 Å². The fourth-order valence-electron chi connectivity index (χ4n) is 1.61. The molecule has 0 bridgehead atoms. The molecule has 0 unspecified atom stereocenters. The third-order valence-corrected chi connectivity index (χ3v) is 3.53. The van der Waals surface area contributed by atoms with Gasteiger partial charge in [-0.05, 0) is 12.1 Å². The first kappa shape index (κ1) is 14.1. The van der Waals surface area contributed by atoms with Gasteiger partial charge >= 0.3 is 0 Å². The fraction of sp³-hybridized carbons (Fsp3) is 0.417. The van der Waals surface area contributed by atoms with Gasteiger partial charge in [0.2, 0.25) is 5.91 Å². The van der Waals surface area contributed by atoms with Gasteiger partial charge in [0.25, 0.3) is 0 Å². The number of benzene rings is 1. The van der Waals surface area contributed by atoms with Crippen LogP contribution in [0, 0.1) is 11.6 Å². The lowest BCUT2D eigenvalue weighted by Crippen LogP contribution is -2.43. The Hall–Kier alpha value is -1.34. The second-order valence-electron chi connectivity index (χ2n) is 3.99. The molecule has 0 spiro atoms.